The van der Waals surface area contributed by atoms with Crippen molar-refractivity contribution in [3.63, 3.8) is 0 Å². The van der Waals surface area contributed by atoms with E-state index in [1.807, 2.05) is 42.6 Å². The molecule has 250 valence electrons. The molecule has 3 aromatic carbocycles. The van der Waals surface area contributed by atoms with E-state index in [1.165, 1.54) is 16.1 Å². The topological polar surface area (TPSA) is 140 Å². The second kappa shape index (κ2) is 13.4. The number of piperazine rings is 1. The van der Waals surface area contributed by atoms with E-state index < -0.39 is 14.9 Å². The van der Waals surface area contributed by atoms with E-state index in [4.69, 9.17) is 0 Å². The summed E-state index contributed by atoms with van der Waals surface area (Å²) < 4.78 is 31.7. The fourth-order valence-corrected chi connectivity index (χ4v) is 7.95. The number of hydrogen-bond donors (Lipinski definition) is 1. The van der Waals surface area contributed by atoms with Gasteiger partial charge in [0.1, 0.15) is 5.69 Å². The average molecular weight is 678 g/mol. The summed E-state index contributed by atoms with van der Waals surface area (Å²) in [5.41, 5.74) is 5.33. The van der Waals surface area contributed by atoms with Crippen LogP contribution in [0, 0.1) is 10.1 Å². The van der Waals surface area contributed by atoms with Crippen LogP contribution in [-0.4, -0.2) is 86.3 Å². The number of hydrogen-bond acceptors (Lipinski definition) is 9. The maximum absolute atomic E-state index is 14.4. The fourth-order valence-electron chi connectivity index (χ4n) is 6.44. The van der Waals surface area contributed by atoms with Gasteiger partial charge in [-0.3, -0.25) is 24.6 Å². The summed E-state index contributed by atoms with van der Waals surface area (Å²) in [4.78, 5) is 20.2. The highest BCUT2D eigenvalue weighted by Crippen LogP contribution is 2.39. The molecule has 3 aromatic heterocycles. The molecule has 1 aliphatic rings. The molecular formula is C36H35N7O5S. The highest BCUT2D eigenvalue weighted by atomic mass is 32.2. The Labute approximate surface area is 283 Å². The van der Waals surface area contributed by atoms with E-state index in [1.54, 1.807) is 60.4 Å². The van der Waals surface area contributed by atoms with Crippen LogP contribution in [0.2, 0.25) is 0 Å². The van der Waals surface area contributed by atoms with Crippen LogP contribution in [0.25, 0.3) is 44.7 Å². The van der Waals surface area contributed by atoms with Gasteiger partial charge in [-0.25, -0.2) is 17.4 Å². The van der Waals surface area contributed by atoms with Crippen molar-refractivity contribution in [2.75, 3.05) is 39.3 Å². The number of aliphatic hydroxyl groups is 1. The van der Waals surface area contributed by atoms with Gasteiger partial charge in [0.2, 0.25) is 0 Å². The van der Waals surface area contributed by atoms with Crippen molar-refractivity contribution >= 4 is 26.7 Å². The average Bonchev–Trinajstić information content (AvgIpc) is 3.71. The van der Waals surface area contributed by atoms with Gasteiger partial charge in [0.05, 0.1) is 22.1 Å². The van der Waals surface area contributed by atoms with E-state index in [2.05, 4.69) is 19.9 Å². The molecule has 0 spiro atoms. The lowest BCUT2D eigenvalue weighted by atomic mass is 10.00. The lowest BCUT2D eigenvalue weighted by Crippen LogP contribution is -2.46. The van der Waals surface area contributed by atoms with Gasteiger partial charge in [0.25, 0.3) is 15.7 Å². The first kappa shape index (κ1) is 32.3. The largest absolute Gasteiger partial charge is 0.395 e. The number of aliphatic hydroxyl groups excluding tert-OH is 1. The molecule has 13 heteroatoms. The quantitative estimate of drug-likeness (QED) is 0.156. The Morgan fingerprint density at radius 3 is 2.20 bits per heavy atom. The molecule has 0 aliphatic carbocycles. The molecule has 4 heterocycles. The summed E-state index contributed by atoms with van der Waals surface area (Å²) in [6.45, 7) is 5.28. The third-order valence-corrected chi connectivity index (χ3v) is 10.7. The van der Waals surface area contributed by atoms with Crippen molar-refractivity contribution in [2.24, 2.45) is 7.05 Å². The van der Waals surface area contributed by atoms with Crippen LogP contribution in [0.15, 0.2) is 108 Å². The number of non-ortho nitro benzene ring substituents is 1. The van der Waals surface area contributed by atoms with Crippen molar-refractivity contribution in [2.45, 2.75) is 11.4 Å². The zero-order chi connectivity index (χ0) is 34.1. The van der Waals surface area contributed by atoms with Crippen molar-refractivity contribution < 1.29 is 18.4 Å². The van der Waals surface area contributed by atoms with Gasteiger partial charge in [0.15, 0.2) is 5.65 Å². The third-order valence-electron chi connectivity index (χ3n) is 8.95. The molecule has 49 heavy (non-hydrogen) atoms. The zero-order valence-electron chi connectivity index (χ0n) is 26.9. The van der Waals surface area contributed by atoms with Gasteiger partial charge in [-0.2, -0.15) is 5.10 Å². The molecule has 1 saturated heterocycles. The molecule has 12 nitrogen and oxygen atoms in total. The summed E-state index contributed by atoms with van der Waals surface area (Å²) in [7, 11) is -2.28. The molecule has 0 bridgehead atoms. The Morgan fingerprint density at radius 2 is 1.53 bits per heavy atom. The van der Waals surface area contributed by atoms with Crippen molar-refractivity contribution in [3.8, 4) is 33.6 Å². The lowest BCUT2D eigenvalue weighted by molar-refractivity contribution is -0.384. The minimum atomic E-state index is -4.07. The van der Waals surface area contributed by atoms with Crippen LogP contribution in [0.4, 0.5) is 5.69 Å². The Hall–Kier alpha value is -5.21. The molecule has 0 atom stereocenters. The summed E-state index contributed by atoms with van der Waals surface area (Å²) in [6.07, 6.45) is 3.45. The maximum Gasteiger partial charge on any atom is 0.269 e. The summed E-state index contributed by atoms with van der Waals surface area (Å²) in [6, 6.07) is 26.2. The molecule has 7 rings (SSSR count). The summed E-state index contributed by atoms with van der Waals surface area (Å²) >= 11 is 0. The lowest BCUT2D eigenvalue weighted by Gasteiger charge is -2.34. The normalized spacial score (nSPS) is 14.4. The number of fused-ring (bicyclic) bond motifs is 1. The summed E-state index contributed by atoms with van der Waals surface area (Å²) in [5, 5.41) is 25.8. The second-order valence-electron chi connectivity index (χ2n) is 12.1. The number of nitrogens with zero attached hydrogens (tertiary/aromatic N) is 7. The second-order valence-corrected chi connectivity index (χ2v) is 13.9. The molecule has 1 N–H and O–H groups in total. The van der Waals surface area contributed by atoms with E-state index in [-0.39, 0.29) is 22.8 Å². The van der Waals surface area contributed by atoms with Crippen LogP contribution in [0.3, 0.4) is 0 Å². The van der Waals surface area contributed by atoms with E-state index >= 15 is 0 Å². The SMILES string of the molecule is Cn1cc(-c2ccnc3c2cc(-c2ccc(CN4CCN(CCO)CC4)cc2)n3S(=O)(=O)c2ccccc2)c(-c2ccc([N+](=O)[O-])cc2)n1. The van der Waals surface area contributed by atoms with Gasteiger partial charge in [-0.15, -0.1) is 0 Å². The number of nitro groups is 1. The van der Waals surface area contributed by atoms with Gasteiger partial charge < -0.3 is 5.11 Å². The number of pyridine rings is 1. The predicted molar refractivity (Wildman–Crippen MR) is 187 cm³/mol. The van der Waals surface area contributed by atoms with Crippen molar-refractivity contribution in [1.82, 2.24) is 28.5 Å². The van der Waals surface area contributed by atoms with Crippen LogP contribution >= 0.6 is 0 Å². The minimum absolute atomic E-state index is 0.0213. The van der Waals surface area contributed by atoms with Gasteiger partial charge in [-0.05, 0) is 53.1 Å². The Balaban J connectivity index is 1.32. The fraction of sp³-hybridized carbons (Fsp3) is 0.222. The van der Waals surface area contributed by atoms with E-state index in [9.17, 15) is 23.6 Å². The number of aryl methyl sites for hydroxylation is 1. The van der Waals surface area contributed by atoms with Crippen LogP contribution in [-0.2, 0) is 23.6 Å². The monoisotopic (exact) mass is 677 g/mol. The first-order chi connectivity index (χ1) is 23.7. The molecule has 1 fully saturated rings. The van der Waals surface area contributed by atoms with E-state index in [0.29, 0.717) is 28.9 Å². The van der Waals surface area contributed by atoms with Gasteiger partial charge >= 0.3 is 0 Å². The standard InChI is InChI=1S/C36H35N7O5S/c1-39-25-33(35(38-39)28-11-13-29(14-12-28)43(45)46)31-15-16-37-36-32(31)23-34(42(36)49(47,48)30-5-3-2-4-6-30)27-9-7-26(8-10-27)24-41-19-17-40(18-20-41)21-22-44/h2-16,23,25,44H,17-22,24H2,1H3. The van der Waals surface area contributed by atoms with Gasteiger partial charge in [0, 0.05) is 87.4 Å². The Bertz CT molecular complexity index is 2220. The van der Waals surface area contributed by atoms with Crippen LogP contribution < -0.4 is 0 Å². The van der Waals surface area contributed by atoms with Crippen molar-refractivity contribution in [3.05, 3.63) is 119 Å². The molecule has 0 radical (unpaired) electrons. The minimum Gasteiger partial charge on any atom is -0.395 e. The number of nitro benzene ring substituents is 1. The zero-order valence-corrected chi connectivity index (χ0v) is 27.7. The van der Waals surface area contributed by atoms with Crippen LogP contribution in [0.5, 0.6) is 0 Å². The predicted octanol–water partition coefficient (Wildman–Crippen LogP) is 5.03. The van der Waals surface area contributed by atoms with Crippen LogP contribution in [0.1, 0.15) is 5.56 Å². The summed E-state index contributed by atoms with van der Waals surface area (Å²) in [5.74, 6) is 0. The smallest absolute Gasteiger partial charge is 0.269 e. The molecule has 1 aliphatic heterocycles. The third kappa shape index (κ3) is 6.36. The number of benzene rings is 3. The number of aromatic nitrogens is 4. The van der Waals surface area contributed by atoms with Crippen molar-refractivity contribution in [1.29, 1.82) is 0 Å². The maximum atomic E-state index is 14.4. The Kier molecular flexibility index (Phi) is 8.82. The molecule has 6 aromatic rings. The molecule has 0 unspecified atom stereocenters. The van der Waals surface area contributed by atoms with E-state index in [0.717, 1.165) is 55.0 Å². The highest BCUT2D eigenvalue weighted by molar-refractivity contribution is 7.90. The Morgan fingerprint density at radius 1 is 0.857 bits per heavy atom. The first-order valence-electron chi connectivity index (χ1n) is 16.0. The molecular weight excluding hydrogens is 643 g/mol. The molecule has 0 saturated carbocycles. The first-order valence-corrected chi connectivity index (χ1v) is 17.4. The number of rotatable bonds is 10. The highest BCUT2D eigenvalue weighted by Gasteiger charge is 2.27. The number of β-amino-alcohol motifs (C(OH)–C–C–N with tert-alkyl or cyclic N) is 1. The molecule has 0 amide bonds. The van der Waals surface area contributed by atoms with Gasteiger partial charge in [-0.1, -0.05) is 42.5 Å².